The Balaban J connectivity index is 1.86. The van der Waals surface area contributed by atoms with Gasteiger partial charge in [-0.2, -0.15) is 0 Å². The zero-order chi connectivity index (χ0) is 14.1. The largest absolute Gasteiger partial charge is 0.493 e. The Morgan fingerprint density at radius 2 is 2.30 bits per heavy atom. The quantitative estimate of drug-likeness (QED) is 0.938. The molecule has 0 spiro atoms. The van der Waals surface area contributed by atoms with Crippen molar-refractivity contribution >= 4 is 11.3 Å². The highest BCUT2D eigenvalue weighted by molar-refractivity contribution is 7.09. The summed E-state index contributed by atoms with van der Waals surface area (Å²) in [5.74, 6) is 1.77. The van der Waals surface area contributed by atoms with E-state index in [1.807, 2.05) is 12.3 Å². The van der Waals surface area contributed by atoms with Gasteiger partial charge in [-0.05, 0) is 24.6 Å². The van der Waals surface area contributed by atoms with Crippen molar-refractivity contribution in [1.82, 2.24) is 4.98 Å². The molecule has 5 nitrogen and oxygen atoms in total. The van der Waals surface area contributed by atoms with Crippen LogP contribution in [0.2, 0.25) is 0 Å². The lowest BCUT2D eigenvalue weighted by Crippen LogP contribution is -2.03. The molecule has 1 N–H and O–H groups in total. The van der Waals surface area contributed by atoms with Crippen LogP contribution in [0.1, 0.15) is 22.4 Å². The minimum atomic E-state index is -0.653. The fraction of sp³-hybridized carbons (Fsp3) is 0.357. The van der Waals surface area contributed by atoms with Crippen LogP contribution in [-0.4, -0.2) is 24.0 Å². The number of fused-ring (bicyclic) bond motifs is 1. The Bertz CT molecular complexity index is 626. The van der Waals surface area contributed by atoms with E-state index < -0.39 is 6.10 Å². The number of nitrogens with zero attached hydrogens (tertiary/aromatic N) is 1. The number of methoxy groups -OCH3 is 1. The minimum absolute atomic E-state index is 0.177. The van der Waals surface area contributed by atoms with Crippen molar-refractivity contribution in [1.29, 1.82) is 0 Å². The normalized spacial score (nSPS) is 14.3. The first kappa shape index (κ1) is 13.2. The number of aliphatic hydroxyl groups excluding tert-OH is 1. The lowest BCUT2D eigenvalue weighted by Gasteiger charge is -2.12. The van der Waals surface area contributed by atoms with Crippen LogP contribution in [0.15, 0.2) is 17.5 Å². The summed E-state index contributed by atoms with van der Waals surface area (Å²) in [7, 11) is 1.57. The van der Waals surface area contributed by atoms with E-state index in [-0.39, 0.29) is 6.79 Å². The van der Waals surface area contributed by atoms with Crippen molar-refractivity contribution in [3.8, 4) is 17.2 Å². The van der Waals surface area contributed by atoms with Crippen molar-refractivity contribution in [3.05, 3.63) is 33.8 Å². The third-order valence-corrected chi connectivity index (χ3v) is 3.96. The van der Waals surface area contributed by atoms with Crippen LogP contribution >= 0.6 is 11.3 Å². The molecule has 0 bridgehead atoms. The zero-order valence-corrected chi connectivity index (χ0v) is 12.1. The van der Waals surface area contributed by atoms with Crippen LogP contribution in [0.5, 0.6) is 17.2 Å². The first-order valence-electron chi connectivity index (χ1n) is 6.24. The minimum Gasteiger partial charge on any atom is -0.493 e. The van der Waals surface area contributed by atoms with Gasteiger partial charge in [0, 0.05) is 11.8 Å². The van der Waals surface area contributed by atoms with Gasteiger partial charge in [0.2, 0.25) is 12.5 Å². The Hall–Kier alpha value is -1.79. The smallest absolute Gasteiger partial charge is 0.231 e. The summed E-state index contributed by atoms with van der Waals surface area (Å²) >= 11 is 1.58. The van der Waals surface area contributed by atoms with Crippen molar-refractivity contribution in [2.75, 3.05) is 13.9 Å². The maximum atomic E-state index is 10.3. The van der Waals surface area contributed by atoms with Gasteiger partial charge in [-0.1, -0.05) is 0 Å². The molecule has 0 amide bonds. The van der Waals surface area contributed by atoms with Crippen molar-refractivity contribution in [3.63, 3.8) is 0 Å². The number of thiazole rings is 1. The SMILES string of the molecule is COc1cc(C(O)Cc2csc(C)n2)cc2c1OCO2. The summed E-state index contributed by atoms with van der Waals surface area (Å²) in [5.41, 5.74) is 1.62. The molecule has 0 saturated carbocycles. The van der Waals surface area contributed by atoms with Gasteiger partial charge in [-0.25, -0.2) is 4.98 Å². The zero-order valence-electron chi connectivity index (χ0n) is 11.3. The van der Waals surface area contributed by atoms with Crippen LogP contribution in [0, 0.1) is 6.92 Å². The molecule has 1 aromatic heterocycles. The predicted octanol–water partition coefficient (Wildman–Crippen LogP) is 2.46. The molecule has 3 rings (SSSR count). The van der Waals surface area contributed by atoms with E-state index in [2.05, 4.69) is 4.98 Å². The second kappa shape index (κ2) is 5.30. The maximum Gasteiger partial charge on any atom is 0.231 e. The van der Waals surface area contributed by atoms with Crippen molar-refractivity contribution in [2.45, 2.75) is 19.4 Å². The van der Waals surface area contributed by atoms with E-state index in [1.165, 1.54) is 0 Å². The molecule has 2 aromatic rings. The molecule has 20 heavy (non-hydrogen) atoms. The summed E-state index contributed by atoms with van der Waals surface area (Å²) < 4.78 is 16.0. The van der Waals surface area contributed by atoms with Gasteiger partial charge < -0.3 is 19.3 Å². The van der Waals surface area contributed by atoms with Gasteiger partial charge in [0.25, 0.3) is 0 Å². The average molecular weight is 293 g/mol. The molecule has 2 heterocycles. The summed E-state index contributed by atoms with van der Waals surface area (Å²) in [6.45, 7) is 2.13. The fourth-order valence-corrected chi connectivity index (χ4v) is 2.79. The number of rotatable bonds is 4. The predicted molar refractivity (Wildman–Crippen MR) is 74.6 cm³/mol. The molecule has 0 aliphatic carbocycles. The maximum absolute atomic E-state index is 10.3. The number of benzene rings is 1. The number of aromatic nitrogens is 1. The molecule has 0 saturated heterocycles. The summed E-state index contributed by atoms with van der Waals surface area (Å²) in [6, 6.07) is 3.56. The molecule has 1 aromatic carbocycles. The number of ether oxygens (including phenoxy) is 3. The Kier molecular flexibility index (Phi) is 3.50. The molecule has 0 radical (unpaired) electrons. The summed E-state index contributed by atoms with van der Waals surface area (Å²) in [6.07, 6.45) is -0.187. The second-order valence-corrected chi connectivity index (χ2v) is 5.60. The molecule has 1 atom stereocenters. The first-order chi connectivity index (χ1) is 9.67. The third kappa shape index (κ3) is 2.44. The lowest BCUT2D eigenvalue weighted by atomic mass is 10.0. The molecule has 6 heteroatoms. The molecule has 106 valence electrons. The number of aliphatic hydroxyl groups is 1. The monoisotopic (exact) mass is 293 g/mol. The van der Waals surface area contributed by atoms with Gasteiger partial charge in [-0.15, -0.1) is 11.3 Å². The summed E-state index contributed by atoms with van der Waals surface area (Å²) in [4.78, 5) is 4.36. The van der Waals surface area contributed by atoms with E-state index in [9.17, 15) is 5.11 Å². The summed E-state index contributed by atoms with van der Waals surface area (Å²) in [5, 5.41) is 13.3. The third-order valence-electron chi connectivity index (χ3n) is 3.13. The van der Waals surface area contributed by atoms with Crippen molar-refractivity contribution in [2.24, 2.45) is 0 Å². The molecule has 0 fully saturated rings. The van der Waals surface area contributed by atoms with E-state index in [0.29, 0.717) is 23.7 Å². The molecular formula is C14H15NO4S. The number of aryl methyl sites for hydroxylation is 1. The van der Waals surface area contributed by atoms with Crippen LogP contribution in [0.4, 0.5) is 0 Å². The number of hydrogen-bond acceptors (Lipinski definition) is 6. The van der Waals surface area contributed by atoms with E-state index in [0.717, 1.165) is 16.3 Å². The van der Waals surface area contributed by atoms with E-state index in [1.54, 1.807) is 30.6 Å². The van der Waals surface area contributed by atoms with Crippen LogP contribution < -0.4 is 14.2 Å². The van der Waals surface area contributed by atoms with Gasteiger partial charge >= 0.3 is 0 Å². The second-order valence-electron chi connectivity index (χ2n) is 4.53. The Morgan fingerprint density at radius 1 is 1.45 bits per heavy atom. The lowest BCUT2D eigenvalue weighted by molar-refractivity contribution is 0.170. The standard InChI is InChI=1S/C14H15NO4S/c1-8-15-10(6-20-8)5-11(16)9-3-12(17-2)14-13(4-9)18-7-19-14/h3-4,6,11,16H,5,7H2,1-2H3. The van der Waals surface area contributed by atoms with Gasteiger partial charge in [0.15, 0.2) is 11.5 Å². The van der Waals surface area contributed by atoms with Crippen LogP contribution in [0.25, 0.3) is 0 Å². The molecule has 1 aliphatic heterocycles. The van der Waals surface area contributed by atoms with Gasteiger partial charge in [0.05, 0.1) is 23.9 Å². The topological polar surface area (TPSA) is 60.8 Å². The van der Waals surface area contributed by atoms with Crippen LogP contribution in [0.3, 0.4) is 0 Å². The Morgan fingerprint density at radius 3 is 3.00 bits per heavy atom. The number of hydrogen-bond donors (Lipinski definition) is 1. The van der Waals surface area contributed by atoms with Crippen LogP contribution in [-0.2, 0) is 6.42 Å². The van der Waals surface area contributed by atoms with Gasteiger partial charge in [0.1, 0.15) is 0 Å². The van der Waals surface area contributed by atoms with E-state index >= 15 is 0 Å². The fourth-order valence-electron chi connectivity index (χ4n) is 2.16. The molecule has 1 unspecified atom stereocenters. The van der Waals surface area contributed by atoms with Gasteiger partial charge in [-0.3, -0.25) is 0 Å². The Labute approximate surface area is 120 Å². The highest BCUT2D eigenvalue weighted by Crippen LogP contribution is 2.43. The average Bonchev–Trinajstić information content (AvgIpc) is 3.06. The first-order valence-corrected chi connectivity index (χ1v) is 7.12. The highest BCUT2D eigenvalue weighted by Gasteiger charge is 2.22. The molecular weight excluding hydrogens is 278 g/mol. The van der Waals surface area contributed by atoms with E-state index in [4.69, 9.17) is 14.2 Å². The highest BCUT2D eigenvalue weighted by atomic mass is 32.1. The molecule has 1 aliphatic rings. The van der Waals surface area contributed by atoms with Crippen molar-refractivity contribution < 1.29 is 19.3 Å².